The van der Waals surface area contributed by atoms with Crippen LogP contribution in [0.4, 0.5) is 4.39 Å². The van der Waals surface area contributed by atoms with Crippen molar-refractivity contribution in [3.05, 3.63) is 57.4 Å². The number of halogens is 2. The molecule has 0 N–H and O–H groups in total. The number of hydrogen-bond acceptors (Lipinski definition) is 1. The zero-order chi connectivity index (χ0) is 9.52. The molecule has 2 rings (SSSR count). The summed E-state index contributed by atoms with van der Waals surface area (Å²) in [4.78, 5) is 0. The third kappa shape index (κ3) is 4.80. The van der Waals surface area contributed by atoms with Crippen LogP contribution in [0.2, 0.25) is 0 Å². The Kier molecular flexibility index (Phi) is 4.72. The number of rotatable bonds is 0. The van der Waals surface area contributed by atoms with Gasteiger partial charge in [0.2, 0.25) is 0 Å². The van der Waals surface area contributed by atoms with Crippen LogP contribution in [-0.4, -0.2) is 0 Å². The second-order valence-corrected chi connectivity index (χ2v) is 4.54. The van der Waals surface area contributed by atoms with Crippen LogP contribution in [-0.2, 0) is 0 Å². The van der Waals surface area contributed by atoms with Crippen molar-refractivity contribution in [3.63, 3.8) is 0 Å². The molecule has 3 heteroatoms. The van der Waals surface area contributed by atoms with E-state index in [9.17, 15) is 4.39 Å². The van der Waals surface area contributed by atoms with E-state index in [2.05, 4.69) is 15.9 Å². The molecule has 0 spiro atoms. The third-order valence-electron chi connectivity index (χ3n) is 1.22. The summed E-state index contributed by atoms with van der Waals surface area (Å²) in [5.74, 6) is -0.178. The summed E-state index contributed by atoms with van der Waals surface area (Å²) < 4.78 is 13.1. The van der Waals surface area contributed by atoms with Gasteiger partial charge in [-0.15, -0.1) is 11.3 Å². The second-order valence-electron chi connectivity index (χ2n) is 2.21. The summed E-state index contributed by atoms with van der Waals surface area (Å²) in [5, 5.41) is 2.03. The van der Waals surface area contributed by atoms with Crippen molar-refractivity contribution in [2.24, 2.45) is 0 Å². The zero-order valence-electron chi connectivity index (χ0n) is 6.78. The van der Waals surface area contributed by atoms with Gasteiger partial charge >= 0.3 is 0 Å². The summed E-state index contributed by atoms with van der Waals surface area (Å²) in [6.07, 6.45) is 0. The fourth-order valence-electron chi connectivity index (χ4n) is 0.673. The van der Waals surface area contributed by atoms with Gasteiger partial charge in [-0.2, -0.15) is 0 Å². The average Bonchev–Trinajstić information content (AvgIpc) is 2.58. The molecule has 0 radical (unpaired) electrons. The molecule has 68 valence electrons. The van der Waals surface area contributed by atoms with E-state index < -0.39 is 0 Å². The molecule has 0 amide bonds. The van der Waals surface area contributed by atoms with Crippen LogP contribution in [0, 0.1) is 5.82 Å². The Labute approximate surface area is 89.2 Å². The molecule has 0 nitrogen and oxygen atoms in total. The standard InChI is InChI=1S/C6H5F.C4H3BrS/c7-6-4-2-1-3-5-6;5-4-2-1-3-6-4/h1-5H;1-3H. The number of hydrogen-bond donors (Lipinski definition) is 0. The molecule has 1 heterocycles. The first-order chi connectivity index (χ1) is 6.29. The Bertz CT molecular complexity index is 318. The van der Waals surface area contributed by atoms with Crippen molar-refractivity contribution < 1.29 is 4.39 Å². The van der Waals surface area contributed by atoms with Crippen molar-refractivity contribution in [2.75, 3.05) is 0 Å². The molecule has 0 unspecified atom stereocenters. The maximum absolute atomic E-state index is 11.9. The van der Waals surface area contributed by atoms with E-state index in [1.165, 1.54) is 15.9 Å². The molecule has 13 heavy (non-hydrogen) atoms. The molecule has 1 aromatic heterocycles. The lowest BCUT2D eigenvalue weighted by molar-refractivity contribution is 0.628. The van der Waals surface area contributed by atoms with Gasteiger partial charge in [0.05, 0.1) is 3.79 Å². The minimum atomic E-state index is -0.178. The van der Waals surface area contributed by atoms with Gasteiger partial charge < -0.3 is 0 Å². The largest absolute Gasteiger partial charge is 0.207 e. The lowest BCUT2D eigenvalue weighted by Gasteiger charge is -1.78. The van der Waals surface area contributed by atoms with Crippen molar-refractivity contribution in [3.8, 4) is 0 Å². The smallest absolute Gasteiger partial charge is 0.123 e. The van der Waals surface area contributed by atoms with Gasteiger partial charge in [-0.05, 0) is 39.5 Å². The molecular formula is C10H8BrFS. The van der Waals surface area contributed by atoms with Gasteiger partial charge in [0.1, 0.15) is 5.82 Å². The Morgan fingerprint density at radius 2 is 1.69 bits per heavy atom. The Balaban J connectivity index is 0.000000132. The van der Waals surface area contributed by atoms with E-state index in [0.717, 1.165) is 0 Å². The summed E-state index contributed by atoms with van der Waals surface area (Å²) >= 11 is 4.99. The summed E-state index contributed by atoms with van der Waals surface area (Å²) in [7, 11) is 0. The highest BCUT2D eigenvalue weighted by Gasteiger charge is 1.77. The molecular weight excluding hydrogens is 251 g/mol. The first-order valence-corrected chi connectivity index (χ1v) is 5.36. The van der Waals surface area contributed by atoms with Gasteiger partial charge in [-0.3, -0.25) is 0 Å². The fraction of sp³-hybridized carbons (Fsp3) is 0. The predicted molar refractivity (Wildman–Crippen MR) is 58.4 cm³/mol. The predicted octanol–water partition coefficient (Wildman–Crippen LogP) is 4.34. The Hall–Kier alpha value is -0.670. The van der Waals surface area contributed by atoms with Crippen LogP contribution in [0.15, 0.2) is 51.6 Å². The normalized spacial score (nSPS) is 8.77. The highest BCUT2D eigenvalue weighted by atomic mass is 79.9. The van der Waals surface area contributed by atoms with Gasteiger partial charge in [-0.1, -0.05) is 24.3 Å². The maximum Gasteiger partial charge on any atom is 0.123 e. The van der Waals surface area contributed by atoms with Crippen molar-refractivity contribution in [2.45, 2.75) is 0 Å². The molecule has 0 aliphatic carbocycles. The molecule has 0 bridgehead atoms. The van der Waals surface area contributed by atoms with Crippen LogP contribution >= 0.6 is 27.3 Å². The molecule has 0 aliphatic heterocycles. The molecule has 1 aromatic carbocycles. The first-order valence-electron chi connectivity index (χ1n) is 3.68. The van der Waals surface area contributed by atoms with E-state index >= 15 is 0 Å². The van der Waals surface area contributed by atoms with E-state index in [4.69, 9.17) is 0 Å². The van der Waals surface area contributed by atoms with Crippen LogP contribution in [0.3, 0.4) is 0 Å². The molecule has 0 saturated heterocycles. The van der Waals surface area contributed by atoms with E-state index in [0.29, 0.717) is 0 Å². The van der Waals surface area contributed by atoms with Crippen molar-refractivity contribution in [1.82, 2.24) is 0 Å². The monoisotopic (exact) mass is 258 g/mol. The van der Waals surface area contributed by atoms with Crippen LogP contribution in [0.25, 0.3) is 0 Å². The summed E-state index contributed by atoms with van der Waals surface area (Å²) in [6.45, 7) is 0. The SMILES string of the molecule is Brc1cccs1.Fc1ccccc1. The van der Waals surface area contributed by atoms with Crippen molar-refractivity contribution in [1.29, 1.82) is 0 Å². The minimum Gasteiger partial charge on any atom is -0.207 e. The van der Waals surface area contributed by atoms with Crippen molar-refractivity contribution >= 4 is 27.3 Å². The minimum absolute atomic E-state index is 0.178. The summed E-state index contributed by atoms with van der Waals surface area (Å²) in [6, 6.07) is 12.0. The fourth-order valence-corrected chi connectivity index (χ4v) is 1.59. The molecule has 2 aromatic rings. The highest BCUT2D eigenvalue weighted by molar-refractivity contribution is 9.11. The van der Waals surface area contributed by atoms with Crippen LogP contribution < -0.4 is 0 Å². The molecule has 0 fully saturated rings. The lowest BCUT2D eigenvalue weighted by Crippen LogP contribution is -1.63. The van der Waals surface area contributed by atoms with E-state index in [-0.39, 0.29) is 5.82 Å². The van der Waals surface area contributed by atoms with Crippen LogP contribution in [0.1, 0.15) is 0 Å². The number of benzene rings is 1. The Morgan fingerprint density at radius 1 is 1.00 bits per heavy atom. The molecule has 0 aliphatic rings. The lowest BCUT2D eigenvalue weighted by atomic mass is 10.4. The highest BCUT2D eigenvalue weighted by Crippen LogP contribution is 2.14. The molecule has 0 saturated carbocycles. The zero-order valence-corrected chi connectivity index (χ0v) is 9.19. The third-order valence-corrected chi connectivity index (χ3v) is 2.70. The first kappa shape index (κ1) is 10.4. The average molecular weight is 259 g/mol. The van der Waals surface area contributed by atoms with Gasteiger partial charge in [0.25, 0.3) is 0 Å². The molecule has 0 atom stereocenters. The van der Waals surface area contributed by atoms with Gasteiger partial charge in [0, 0.05) is 0 Å². The van der Waals surface area contributed by atoms with E-state index in [1.54, 1.807) is 29.5 Å². The van der Waals surface area contributed by atoms with Gasteiger partial charge in [0.15, 0.2) is 0 Å². The summed E-state index contributed by atoms with van der Waals surface area (Å²) in [5.41, 5.74) is 0. The van der Waals surface area contributed by atoms with E-state index in [1.807, 2.05) is 17.5 Å². The topological polar surface area (TPSA) is 0 Å². The number of thiophene rings is 1. The van der Waals surface area contributed by atoms with Crippen LogP contribution in [0.5, 0.6) is 0 Å². The van der Waals surface area contributed by atoms with Gasteiger partial charge in [-0.25, -0.2) is 4.39 Å². The Morgan fingerprint density at radius 3 is 1.92 bits per heavy atom. The quantitative estimate of drug-likeness (QED) is 0.660. The second kappa shape index (κ2) is 5.89. The maximum atomic E-state index is 11.9.